The van der Waals surface area contributed by atoms with Gasteiger partial charge in [0.2, 0.25) is 0 Å². The molecule has 1 aromatic carbocycles. The molecular weight excluding hydrogens is 162 g/mol. The van der Waals surface area contributed by atoms with Crippen LogP contribution in [0.2, 0.25) is 0 Å². The third-order valence-corrected chi connectivity index (χ3v) is 1.62. The van der Waals surface area contributed by atoms with Gasteiger partial charge in [-0.1, -0.05) is 24.1 Å². The maximum absolute atomic E-state index is 5.50. The van der Waals surface area contributed by atoms with Crippen LogP contribution >= 0.6 is 0 Å². The van der Waals surface area contributed by atoms with Crippen molar-refractivity contribution in [2.75, 3.05) is 7.11 Å². The third-order valence-electron chi connectivity index (χ3n) is 1.62. The van der Waals surface area contributed by atoms with E-state index in [2.05, 4.69) is 5.92 Å². The molecule has 0 heterocycles. The standard InChI is InChI=1S/C11H11NO/c1-3-10(12)8-9-6-4-5-7-11(9)13-2/h1,4-8H,12H2,2H3/b10-8+. The van der Waals surface area contributed by atoms with Gasteiger partial charge in [0.1, 0.15) is 5.75 Å². The zero-order valence-electron chi connectivity index (χ0n) is 7.45. The Bertz CT molecular complexity index is 361. The molecule has 0 bridgehead atoms. The second-order valence-corrected chi connectivity index (χ2v) is 2.49. The summed E-state index contributed by atoms with van der Waals surface area (Å²) in [6, 6.07) is 7.54. The summed E-state index contributed by atoms with van der Waals surface area (Å²) in [6.07, 6.45) is 6.83. The summed E-state index contributed by atoms with van der Waals surface area (Å²) in [5, 5.41) is 0. The van der Waals surface area contributed by atoms with Crippen LogP contribution in [0.3, 0.4) is 0 Å². The van der Waals surface area contributed by atoms with Crippen molar-refractivity contribution in [1.82, 2.24) is 0 Å². The molecule has 1 rings (SSSR count). The SMILES string of the molecule is C#C/C(N)=C\c1ccccc1OC. The molecule has 1 aromatic rings. The lowest BCUT2D eigenvalue weighted by molar-refractivity contribution is 0.414. The molecule has 0 unspecified atom stereocenters. The van der Waals surface area contributed by atoms with Gasteiger partial charge in [-0.05, 0) is 12.1 Å². The number of allylic oxidation sites excluding steroid dienone is 1. The van der Waals surface area contributed by atoms with E-state index in [1.165, 1.54) is 0 Å². The van der Waals surface area contributed by atoms with Gasteiger partial charge in [-0.25, -0.2) is 0 Å². The minimum absolute atomic E-state index is 0.393. The van der Waals surface area contributed by atoms with E-state index in [9.17, 15) is 0 Å². The number of terminal acetylenes is 1. The first-order chi connectivity index (χ1) is 6.27. The Balaban J connectivity index is 3.08. The minimum Gasteiger partial charge on any atom is -0.496 e. The van der Waals surface area contributed by atoms with E-state index < -0.39 is 0 Å². The molecule has 0 saturated carbocycles. The summed E-state index contributed by atoms with van der Waals surface area (Å²) in [5.41, 5.74) is 6.78. The predicted octanol–water partition coefficient (Wildman–Crippen LogP) is 1.63. The molecule has 0 atom stereocenters. The van der Waals surface area contributed by atoms with Crippen LogP contribution in [0.1, 0.15) is 5.56 Å². The second-order valence-electron chi connectivity index (χ2n) is 2.49. The van der Waals surface area contributed by atoms with E-state index in [1.54, 1.807) is 13.2 Å². The number of hydrogen-bond donors (Lipinski definition) is 1. The van der Waals surface area contributed by atoms with Gasteiger partial charge >= 0.3 is 0 Å². The molecule has 0 aliphatic heterocycles. The molecule has 0 aliphatic rings. The summed E-state index contributed by atoms with van der Waals surface area (Å²) >= 11 is 0. The maximum Gasteiger partial charge on any atom is 0.126 e. The highest BCUT2D eigenvalue weighted by Gasteiger charge is 1.97. The number of rotatable bonds is 2. The number of benzene rings is 1. The van der Waals surface area contributed by atoms with Crippen LogP contribution in [0.15, 0.2) is 30.0 Å². The van der Waals surface area contributed by atoms with Gasteiger partial charge < -0.3 is 10.5 Å². The quantitative estimate of drug-likeness (QED) is 0.690. The van der Waals surface area contributed by atoms with Crippen LogP contribution < -0.4 is 10.5 Å². The molecule has 2 heteroatoms. The molecule has 2 nitrogen and oxygen atoms in total. The van der Waals surface area contributed by atoms with Crippen molar-refractivity contribution < 1.29 is 4.74 Å². The summed E-state index contributed by atoms with van der Waals surface area (Å²) < 4.78 is 5.12. The first-order valence-corrected chi connectivity index (χ1v) is 3.84. The van der Waals surface area contributed by atoms with E-state index in [4.69, 9.17) is 16.9 Å². The van der Waals surface area contributed by atoms with E-state index in [1.807, 2.05) is 24.3 Å². The molecular formula is C11H11NO. The van der Waals surface area contributed by atoms with E-state index in [-0.39, 0.29) is 0 Å². The molecule has 2 N–H and O–H groups in total. The Morgan fingerprint density at radius 2 is 2.23 bits per heavy atom. The number of para-hydroxylation sites is 1. The monoisotopic (exact) mass is 173 g/mol. The average Bonchev–Trinajstić information content (AvgIpc) is 2.18. The number of ether oxygens (including phenoxy) is 1. The summed E-state index contributed by atoms with van der Waals surface area (Å²) in [4.78, 5) is 0. The van der Waals surface area contributed by atoms with Crippen molar-refractivity contribution in [2.24, 2.45) is 5.73 Å². The summed E-state index contributed by atoms with van der Waals surface area (Å²) in [6.45, 7) is 0. The lowest BCUT2D eigenvalue weighted by Crippen LogP contribution is -1.93. The molecule has 0 aliphatic carbocycles. The first-order valence-electron chi connectivity index (χ1n) is 3.84. The minimum atomic E-state index is 0.393. The fourth-order valence-electron chi connectivity index (χ4n) is 0.995. The van der Waals surface area contributed by atoms with Crippen LogP contribution in [0.25, 0.3) is 6.08 Å². The maximum atomic E-state index is 5.50. The van der Waals surface area contributed by atoms with Crippen LogP contribution in [-0.2, 0) is 0 Å². The van der Waals surface area contributed by atoms with Gasteiger partial charge in [0.25, 0.3) is 0 Å². The fraction of sp³-hybridized carbons (Fsp3) is 0.0909. The zero-order valence-corrected chi connectivity index (χ0v) is 7.45. The molecule has 0 saturated heterocycles. The molecule has 0 aromatic heterocycles. The molecule has 0 spiro atoms. The summed E-state index contributed by atoms with van der Waals surface area (Å²) in [7, 11) is 1.61. The fourth-order valence-corrected chi connectivity index (χ4v) is 0.995. The Morgan fingerprint density at radius 3 is 2.85 bits per heavy atom. The van der Waals surface area contributed by atoms with Crippen molar-refractivity contribution in [1.29, 1.82) is 0 Å². The van der Waals surface area contributed by atoms with Gasteiger partial charge in [-0.3, -0.25) is 0 Å². The second kappa shape index (κ2) is 4.22. The normalized spacial score (nSPS) is 10.6. The Labute approximate surface area is 78.0 Å². The molecule has 13 heavy (non-hydrogen) atoms. The molecule has 0 radical (unpaired) electrons. The van der Waals surface area contributed by atoms with Gasteiger partial charge in [0, 0.05) is 5.56 Å². The molecule has 0 amide bonds. The van der Waals surface area contributed by atoms with Crippen LogP contribution in [0.5, 0.6) is 5.75 Å². The van der Waals surface area contributed by atoms with Crippen molar-refractivity contribution in [3.05, 3.63) is 35.5 Å². The number of hydrogen-bond acceptors (Lipinski definition) is 2. The largest absolute Gasteiger partial charge is 0.496 e. The highest BCUT2D eigenvalue weighted by molar-refractivity contribution is 5.62. The Hall–Kier alpha value is -1.88. The van der Waals surface area contributed by atoms with Crippen LogP contribution in [0, 0.1) is 12.3 Å². The third kappa shape index (κ3) is 2.28. The Kier molecular flexibility index (Phi) is 2.99. The van der Waals surface area contributed by atoms with E-state index in [0.717, 1.165) is 11.3 Å². The molecule has 0 fully saturated rings. The van der Waals surface area contributed by atoms with E-state index >= 15 is 0 Å². The summed E-state index contributed by atoms with van der Waals surface area (Å²) in [5.74, 6) is 3.11. The topological polar surface area (TPSA) is 35.2 Å². The van der Waals surface area contributed by atoms with Crippen molar-refractivity contribution in [2.45, 2.75) is 0 Å². The first kappa shape index (κ1) is 9.21. The van der Waals surface area contributed by atoms with Crippen molar-refractivity contribution in [3.8, 4) is 18.1 Å². The number of methoxy groups -OCH3 is 1. The zero-order chi connectivity index (χ0) is 9.68. The van der Waals surface area contributed by atoms with Crippen molar-refractivity contribution >= 4 is 6.08 Å². The average molecular weight is 173 g/mol. The number of nitrogens with two attached hydrogens (primary N) is 1. The predicted molar refractivity (Wildman–Crippen MR) is 54.0 cm³/mol. The van der Waals surface area contributed by atoms with E-state index in [0.29, 0.717) is 5.70 Å². The van der Waals surface area contributed by atoms with Gasteiger partial charge in [-0.2, -0.15) is 0 Å². The van der Waals surface area contributed by atoms with Crippen molar-refractivity contribution in [3.63, 3.8) is 0 Å². The Morgan fingerprint density at radius 1 is 1.54 bits per heavy atom. The lowest BCUT2D eigenvalue weighted by Gasteiger charge is -2.03. The van der Waals surface area contributed by atoms with Gasteiger partial charge in [0.05, 0.1) is 12.8 Å². The van der Waals surface area contributed by atoms with Gasteiger partial charge in [0.15, 0.2) is 0 Å². The smallest absolute Gasteiger partial charge is 0.126 e. The van der Waals surface area contributed by atoms with Crippen LogP contribution in [0.4, 0.5) is 0 Å². The van der Waals surface area contributed by atoms with Crippen LogP contribution in [-0.4, -0.2) is 7.11 Å². The lowest BCUT2D eigenvalue weighted by atomic mass is 10.2. The highest BCUT2D eigenvalue weighted by Crippen LogP contribution is 2.18. The van der Waals surface area contributed by atoms with Gasteiger partial charge in [-0.15, -0.1) is 6.42 Å². The highest BCUT2D eigenvalue weighted by atomic mass is 16.5. The molecule has 66 valence electrons.